The van der Waals surface area contributed by atoms with Crippen LogP contribution in [-0.2, 0) is 17.8 Å². The van der Waals surface area contributed by atoms with Gasteiger partial charge in [0.1, 0.15) is 12.1 Å². The maximum Gasteiger partial charge on any atom is 0.278 e. The number of nitrogens with zero attached hydrogens (tertiary/aromatic N) is 4. The maximum atomic E-state index is 13.0. The van der Waals surface area contributed by atoms with Gasteiger partial charge in [0, 0.05) is 19.6 Å². The van der Waals surface area contributed by atoms with Gasteiger partial charge in [-0.3, -0.25) is 9.59 Å². The molecular weight excluding hydrogens is 354 g/mol. The standard InChI is InChI=1S/C21H23N5O2/c1-2-15-7-9-16(10-8-15)19-13-22-11-12-25(19)20(27)14-26-21(28)17-5-3-4-6-18(17)23-24-26/h3-10,19,22H,2,11-14H2,1H3. The molecule has 2 heterocycles. The van der Waals surface area contributed by atoms with Crippen LogP contribution in [0.3, 0.4) is 0 Å². The van der Waals surface area contributed by atoms with E-state index < -0.39 is 0 Å². The average molecular weight is 377 g/mol. The Bertz CT molecular complexity index is 1040. The maximum absolute atomic E-state index is 13.0. The molecule has 0 spiro atoms. The molecule has 7 heteroatoms. The molecule has 7 nitrogen and oxygen atoms in total. The van der Waals surface area contributed by atoms with E-state index in [1.54, 1.807) is 24.3 Å². The lowest BCUT2D eigenvalue weighted by molar-refractivity contribution is -0.135. The van der Waals surface area contributed by atoms with Crippen molar-refractivity contribution in [1.29, 1.82) is 0 Å². The van der Waals surface area contributed by atoms with Gasteiger partial charge in [-0.1, -0.05) is 48.5 Å². The van der Waals surface area contributed by atoms with Crippen molar-refractivity contribution in [3.05, 3.63) is 70.0 Å². The Morgan fingerprint density at radius 2 is 1.96 bits per heavy atom. The Labute approximate surface area is 163 Å². The highest BCUT2D eigenvalue weighted by Gasteiger charge is 2.28. The summed E-state index contributed by atoms with van der Waals surface area (Å²) in [6, 6.07) is 15.3. The lowest BCUT2D eigenvalue weighted by Crippen LogP contribution is -2.50. The van der Waals surface area contributed by atoms with Gasteiger partial charge < -0.3 is 10.2 Å². The third-order valence-electron chi connectivity index (χ3n) is 5.25. The fourth-order valence-corrected chi connectivity index (χ4v) is 3.62. The summed E-state index contributed by atoms with van der Waals surface area (Å²) < 4.78 is 1.16. The fourth-order valence-electron chi connectivity index (χ4n) is 3.62. The smallest absolute Gasteiger partial charge is 0.278 e. The van der Waals surface area contributed by atoms with Gasteiger partial charge >= 0.3 is 0 Å². The molecule has 0 radical (unpaired) electrons. The zero-order chi connectivity index (χ0) is 19.5. The second-order valence-electron chi connectivity index (χ2n) is 6.97. The quantitative estimate of drug-likeness (QED) is 0.746. The molecule has 1 aliphatic rings. The number of aromatic nitrogens is 3. The first-order valence-corrected chi connectivity index (χ1v) is 9.59. The fraction of sp³-hybridized carbons (Fsp3) is 0.333. The first-order valence-electron chi connectivity index (χ1n) is 9.59. The number of carbonyl (C=O) groups excluding carboxylic acids is 1. The molecule has 1 fully saturated rings. The van der Waals surface area contributed by atoms with Crippen LogP contribution < -0.4 is 10.9 Å². The Balaban J connectivity index is 1.58. The Kier molecular flexibility index (Phi) is 5.16. The van der Waals surface area contributed by atoms with Crippen LogP contribution in [0.15, 0.2) is 53.3 Å². The van der Waals surface area contributed by atoms with Gasteiger partial charge in [0.25, 0.3) is 5.56 Å². The zero-order valence-electron chi connectivity index (χ0n) is 15.8. The first-order chi connectivity index (χ1) is 13.7. The van der Waals surface area contributed by atoms with Gasteiger partial charge in [0.15, 0.2) is 0 Å². The monoisotopic (exact) mass is 377 g/mol. The van der Waals surface area contributed by atoms with Crippen molar-refractivity contribution in [2.24, 2.45) is 0 Å². The molecule has 0 saturated carbocycles. The number of piperazine rings is 1. The Morgan fingerprint density at radius 1 is 1.18 bits per heavy atom. The van der Waals surface area contributed by atoms with Crippen molar-refractivity contribution in [2.45, 2.75) is 25.9 Å². The summed E-state index contributed by atoms with van der Waals surface area (Å²) in [7, 11) is 0. The van der Waals surface area contributed by atoms with Crippen molar-refractivity contribution < 1.29 is 4.79 Å². The SMILES string of the molecule is CCc1ccc(C2CNCCN2C(=O)Cn2nnc3ccccc3c2=O)cc1. The molecule has 4 rings (SSSR count). The van der Waals surface area contributed by atoms with Gasteiger partial charge in [0.05, 0.1) is 11.4 Å². The van der Waals surface area contributed by atoms with Gasteiger partial charge in [-0.15, -0.1) is 5.10 Å². The molecule has 0 aliphatic carbocycles. The number of hydrogen-bond donors (Lipinski definition) is 1. The molecule has 1 unspecified atom stereocenters. The predicted octanol–water partition coefficient (Wildman–Crippen LogP) is 1.53. The van der Waals surface area contributed by atoms with Crippen LogP contribution in [0.4, 0.5) is 0 Å². The molecule has 1 aliphatic heterocycles. The highest BCUT2D eigenvalue weighted by molar-refractivity contribution is 5.78. The first kappa shape index (κ1) is 18.3. The number of nitrogens with one attached hydrogen (secondary N) is 1. The van der Waals surface area contributed by atoms with Crippen molar-refractivity contribution in [3.63, 3.8) is 0 Å². The number of amides is 1. The Morgan fingerprint density at radius 3 is 2.75 bits per heavy atom. The zero-order valence-corrected chi connectivity index (χ0v) is 15.8. The van der Waals surface area contributed by atoms with E-state index in [0.717, 1.165) is 23.2 Å². The summed E-state index contributed by atoms with van der Waals surface area (Å²) in [6.45, 7) is 4.02. The van der Waals surface area contributed by atoms with Crippen LogP contribution in [0.1, 0.15) is 24.1 Å². The van der Waals surface area contributed by atoms with Crippen molar-refractivity contribution in [1.82, 2.24) is 25.2 Å². The third kappa shape index (κ3) is 3.53. The topological polar surface area (TPSA) is 80.1 Å². The molecule has 0 bridgehead atoms. The molecule has 2 aromatic carbocycles. The minimum atomic E-state index is -0.294. The van der Waals surface area contributed by atoms with Crippen LogP contribution >= 0.6 is 0 Å². The van der Waals surface area contributed by atoms with Crippen LogP contribution in [0.2, 0.25) is 0 Å². The summed E-state index contributed by atoms with van der Waals surface area (Å²) in [5, 5.41) is 11.8. The minimum absolute atomic E-state index is 0.0590. The number of rotatable bonds is 4. The lowest BCUT2D eigenvalue weighted by Gasteiger charge is -2.36. The van der Waals surface area contributed by atoms with Gasteiger partial charge in [-0.05, 0) is 29.7 Å². The van der Waals surface area contributed by atoms with Gasteiger partial charge in [0.2, 0.25) is 5.91 Å². The van der Waals surface area contributed by atoms with Crippen molar-refractivity contribution in [2.75, 3.05) is 19.6 Å². The van der Waals surface area contributed by atoms with Crippen LogP contribution in [0.25, 0.3) is 10.9 Å². The molecule has 1 aromatic heterocycles. The lowest BCUT2D eigenvalue weighted by atomic mass is 10.0. The van der Waals surface area contributed by atoms with Gasteiger partial charge in [-0.25, -0.2) is 4.68 Å². The van der Waals surface area contributed by atoms with Gasteiger partial charge in [-0.2, -0.15) is 0 Å². The molecule has 3 aromatic rings. The number of fused-ring (bicyclic) bond motifs is 1. The van der Waals surface area contributed by atoms with E-state index in [0.29, 0.717) is 24.0 Å². The average Bonchev–Trinajstić information content (AvgIpc) is 2.76. The van der Waals surface area contributed by atoms with Crippen LogP contribution in [0, 0.1) is 0 Å². The number of aryl methyl sites for hydroxylation is 1. The molecule has 1 amide bonds. The minimum Gasteiger partial charge on any atom is -0.331 e. The molecule has 1 saturated heterocycles. The van der Waals surface area contributed by atoms with E-state index in [1.807, 2.05) is 4.90 Å². The second kappa shape index (κ2) is 7.90. The van der Waals surface area contributed by atoms with Crippen molar-refractivity contribution in [3.8, 4) is 0 Å². The number of carbonyl (C=O) groups is 1. The van der Waals surface area contributed by atoms with E-state index in [-0.39, 0.29) is 24.1 Å². The summed E-state index contributed by atoms with van der Waals surface area (Å²) in [5.41, 5.74) is 2.60. The van der Waals surface area contributed by atoms with E-state index in [2.05, 4.69) is 46.8 Å². The van der Waals surface area contributed by atoms with Crippen LogP contribution in [-0.4, -0.2) is 45.4 Å². The number of hydrogen-bond acceptors (Lipinski definition) is 5. The molecule has 28 heavy (non-hydrogen) atoms. The highest BCUT2D eigenvalue weighted by Crippen LogP contribution is 2.23. The molecule has 144 valence electrons. The largest absolute Gasteiger partial charge is 0.331 e. The normalized spacial score (nSPS) is 17.0. The summed E-state index contributed by atoms with van der Waals surface area (Å²) in [6.07, 6.45) is 0.982. The van der Waals surface area contributed by atoms with E-state index in [9.17, 15) is 9.59 Å². The van der Waals surface area contributed by atoms with Crippen molar-refractivity contribution >= 4 is 16.8 Å². The van der Waals surface area contributed by atoms with E-state index in [4.69, 9.17) is 0 Å². The van der Waals surface area contributed by atoms with E-state index in [1.165, 1.54) is 5.56 Å². The summed E-state index contributed by atoms with van der Waals surface area (Å²) in [4.78, 5) is 27.5. The van der Waals surface area contributed by atoms with Crippen LogP contribution in [0.5, 0.6) is 0 Å². The molecular formula is C21H23N5O2. The highest BCUT2D eigenvalue weighted by atomic mass is 16.2. The van der Waals surface area contributed by atoms with E-state index >= 15 is 0 Å². The predicted molar refractivity (Wildman–Crippen MR) is 107 cm³/mol. The Hall–Kier alpha value is -3.06. The second-order valence-corrected chi connectivity index (χ2v) is 6.97. The third-order valence-corrected chi connectivity index (χ3v) is 5.25. The summed E-state index contributed by atoms with van der Waals surface area (Å²) in [5.74, 6) is -0.127. The molecule has 1 atom stereocenters. The molecule has 1 N–H and O–H groups in total. The summed E-state index contributed by atoms with van der Waals surface area (Å²) >= 11 is 0. The number of benzene rings is 2.